The average Bonchev–Trinajstić information content (AvgIpc) is 2.29. The van der Waals surface area contributed by atoms with E-state index in [1.54, 1.807) is 0 Å². The van der Waals surface area contributed by atoms with Crippen LogP contribution in [0.4, 0.5) is 10.1 Å². The molecule has 0 heterocycles. The molecule has 0 aliphatic carbocycles. The summed E-state index contributed by atoms with van der Waals surface area (Å²) in [7, 11) is 1.41. The number of nitrogens with one attached hydrogen (secondary N) is 1. The smallest absolute Gasteiger partial charge is 0.241 e. The predicted octanol–water partition coefficient (Wildman–Crippen LogP) is 2.15. The number of nitrogens with two attached hydrogens (primary N) is 1. The van der Waals surface area contributed by atoms with Crippen LogP contribution in [-0.4, -0.2) is 19.1 Å². The SMILES string of the molecule is COc1cc(F)ccc1NC(=O)C(N)C(C)(C)C. The third-order valence-corrected chi connectivity index (χ3v) is 2.64. The van der Waals surface area contributed by atoms with Gasteiger partial charge in [-0.2, -0.15) is 0 Å². The molecule has 0 spiro atoms. The zero-order valence-corrected chi connectivity index (χ0v) is 11.1. The van der Waals surface area contributed by atoms with Crippen LogP contribution in [0.2, 0.25) is 0 Å². The molecule has 1 unspecified atom stereocenters. The highest BCUT2D eigenvalue weighted by atomic mass is 19.1. The van der Waals surface area contributed by atoms with Crippen molar-refractivity contribution >= 4 is 11.6 Å². The van der Waals surface area contributed by atoms with Crippen molar-refractivity contribution < 1.29 is 13.9 Å². The van der Waals surface area contributed by atoms with Crippen LogP contribution < -0.4 is 15.8 Å². The molecular weight excluding hydrogens is 235 g/mol. The number of hydrogen-bond donors (Lipinski definition) is 2. The lowest BCUT2D eigenvalue weighted by atomic mass is 9.87. The molecule has 0 saturated heterocycles. The van der Waals surface area contributed by atoms with E-state index in [0.717, 1.165) is 0 Å². The molecule has 5 heteroatoms. The number of benzene rings is 1. The van der Waals surface area contributed by atoms with E-state index in [4.69, 9.17) is 10.5 Å². The highest BCUT2D eigenvalue weighted by Crippen LogP contribution is 2.26. The lowest BCUT2D eigenvalue weighted by molar-refractivity contribution is -0.119. The maximum atomic E-state index is 13.0. The summed E-state index contributed by atoms with van der Waals surface area (Å²) >= 11 is 0. The number of rotatable bonds is 3. The van der Waals surface area contributed by atoms with Crippen molar-refractivity contribution in [2.75, 3.05) is 12.4 Å². The van der Waals surface area contributed by atoms with Crippen LogP contribution in [0.5, 0.6) is 5.75 Å². The Hall–Kier alpha value is -1.62. The first-order valence-electron chi connectivity index (χ1n) is 5.65. The molecule has 0 aliphatic heterocycles. The van der Waals surface area contributed by atoms with Crippen molar-refractivity contribution in [2.24, 2.45) is 11.1 Å². The van der Waals surface area contributed by atoms with Crippen molar-refractivity contribution in [3.05, 3.63) is 24.0 Å². The molecule has 0 saturated carbocycles. The predicted molar refractivity (Wildman–Crippen MR) is 69.0 cm³/mol. The van der Waals surface area contributed by atoms with Gasteiger partial charge in [0.2, 0.25) is 5.91 Å². The summed E-state index contributed by atoms with van der Waals surface area (Å²) in [6, 6.07) is 3.24. The normalized spacial score (nSPS) is 13.0. The number of methoxy groups -OCH3 is 1. The summed E-state index contributed by atoms with van der Waals surface area (Å²) in [5, 5.41) is 2.64. The highest BCUT2D eigenvalue weighted by Gasteiger charge is 2.27. The molecule has 0 radical (unpaired) electrons. The molecular formula is C13H19FN2O2. The Morgan fingerprint density at radius 2 is 2.06 bits per heavy atom. The van der Waals surface area contributed by atoms with Crippen LogP contribution in [-0.2, 0) is 4.79 Å². The quantitative estimate of drug-likeness (QED) is 0.868. The molecule has 0 fully saturated rings. The molecule has 0 aliphatic rings. The highest BCUT2D eigenvalue weighted by molar-refractivity contribution is 5.96. The van der Waals surface area contributed by atoms with E-state index in [-0.39, 0.29) is 17.1 Å². The standard InChI is InChI=1S/C13H19FN2O2/c1-13(2,3)11(15)12(17)16-9-6-5-8(14)7-10(9)18-4/h5-7,11H,15H2,1-4H3,(H,16,17). The summed E-state index contributed by atoms with van der Waals surface area (Å²) in [4.78, 5) is 11.9. The summed E-state index contributed by atoms with van der Waals surface area (Å²) < 4.78 is 18.0. The Labute approximate surface area is 106 Å². The summed E-state index contributed by atoms with van der Waals surface area (Å²) in [6.07, 6.45) is 0. The fourth-order valence-corrected chi connectivity index (χ4v) is 1.37. The van der Waals surface area contributed by atoms with Crippen LogP contribution in [0.25, 0.3) is 0 Å². The first-order chi connectivity index (χ1) is 8.25. The van der Waals surface area contributed by atoms with Gasteiger partial charge in [0.05, 0.1) is 18.8 Å². The lowest BCUT2D eigenvalue weighted by Gasteiger charge is -2.26. The minimum Gasteiger partial charge on any atom is -0.494 e. The largest absolute Gasteiger partial charge is 0.494 e. The van der Waals surface area contributed by atoms with Gasteiger partial charge < -0.3 is 15.8 Å². The van der Waals surface area contributed by atoms with Gasteiger partial charge in [-0.3, -0.25) is 4.79 Å². The number of carbonyl (C=O) groups excluding carboxylic acids is 1. The number of carbonyl (C=O) groups is 1. The molecule has 0 aromatic heterocycles. The van der Waals surface area contributed by atoms with Gasteiger partial charge in [0.1, 0.15) is 11.6 Å². The van der Waals surface area contributed by atoms with E-state index in [0.29, 0.717) is 5.69 Å². The average molecular weight is 254 g/mol. The molecule has 100 valence electrons. The first kappa shape index (κ1) is 14.4. The van der Waals surface area contributed by atoms with Crippen LogP contribution >= 0.6 is 0 Å². The molecule has 1 atom stereocenters. The fourth-order valence-electron chi connectivity index (χ4n) is 1.37. The van der Waals surface area contributed by atoms with Crippen LogP contribution in [0.3, 0.4) is 0 Å². The molecule has 3 N–H and O–H groups in total. The Morgan fingerprint density at radius 3 is 2.56 bits per heavy atom. The molecule has 0 bridgehead atoms. The summed E-state index contributed by atoms with van der Waals surface area (Å²) in [5.41, 5.74) is 5.89. The van der Waals surface area contributed by atoms with Crippen LogP contribution in [0.1, 0.15) is 20.8 Å². The molecule has 1 aromatic carbocycles. The monoisotopic (exact) mass is 254 g/mol. The van der Waals surface area contributed by atoms with E-state index in [1.165, 1.54) is 25.3 Å². The molecule has 1 rings (SSSR count). The van der Waals surface area contributed by atoms with Crippen LogP contribution in [0, 0.1) is 11.2 Å². The number of halogens is 1. The van der Waals surface area contributed by atoms with Crippen molar-refractivity contribution in [1.29, 1.82) is 0 Å². The van der Waals surface area contributed by atoms with Gasteiger partial charge in [-0.05, 0) is 17.5 Å². The van der Waals surface area contributed by atoms with Gasteiger partial charge in [0, 0.05) is 6.07 Å². The minimum atomic E-state index is -0.660. The maximum absolute atomic E-state index is 13.0. The van der Waals surface area contributed by atoms with Crippen molar-refractivity contribution in [3.63, 3.8) is 0 Å². The second-order valence-corrected chi connectivity index (χ2v) is 5.18. The van der Waals surface area contributed by atoms with Gasteiger partial charge in [0.15, 0.2) is 0 Å². The fraction of sp³-hybridized carbons (Fsp3) is 0.462. The number of anilines is 1. The lowest BCUT2D eigenvalue weighted by Crippen LogP contribution is -2.45. The Kier molecular flexibility index (Phi) is 4.29. The second kappa shape index (κ2) is 5.35. The van der Waals surface area contributed by atoms with Crippen molar-refractivity contribution in [1.82, 2.24) is 0 Å². The molecule has 1 amide bonds. The topological polar surface area (TPSA) is 64.3 Å². The van der Waals surface area contributed by atoms with Crippen LogP contribution in [0.15, 0.2) is 18.2 Å². The zero-order chi connectivity index (χ0) is 13.9. The van der Waals surface area contributed by atoms with Gasteiger partial charge in [0.25, 0.3) is 0 Å². The van der Waals surface area contributed by atoms with E-state index >= 15 is 0 Å². The number of ether oxygens (including phenoxy) is 1. The molecule has 1 aromatic rings. The van der Waals surface area contributed by atoms with E-state index < -0.39 is 11.9 Å². The number of hydrogen-bond acceptors (Lipinski definition) is 3. The second-order valence-electron chi connectivity index (χ2n) is 5.18. The first-order valence-corrected chi connectivity index (χ1v) is 5.65. The van der Waals surface area contributed by atoms with Gasteiger partial charge >= 0.3 is 0 Å². The van der Waals surface area contributed by atoms with Gasteiger partial charge in [-0.1, -0.05) is 20.8 Å². The summed E-state index contributed by atoms with van der Waals surface area (Å²) in [6.45, 7) is 5.62. The van der Waals surface area contributed by atoms with Crippen molar-refractivity contribution in [2.45, 2.75) is 26.8 Å². The van der Waals surface area contributed by atoms with Gasteiger partial charge in [-0.15, -0.1) is 0 Å². The van der Waals surface area contributed by atoms with E-state index in [2.05, 4.69) is 5.32 Å². The molecule has 4 nitrogen and oxygen atoms in total. The van der Waals surface area contributed by atoms with Gasteiger partial charge in [-0.25, -0.2) is 4.39 Å². The van der Waals surface area contributed by atoms with E-state index in [9.17, 15) is 9.18 Å². The third kappa shape index (κ3) is 3.43. The van der Waals surface area contributed by atoms with E-state index in [1.807, 2.05) is 20.8 Å². The minimum absolute atomic E-state index is 0.268. The number of amides is 1. The Balaban J connectivity index is 2.88. The third-order valence-electron chi connectivity index (χ3n) is 2.64. The maximum Gasteiger partial charge on any atom is 0.241 e. The Bertz CT molecular complexity index is 441. The molecule has 18 heavy (non-hydrogen) atoms. The zero-order valence-electron chi connectivity index (χ0n) is 11.1. The Morgan fingerprint density at radius 1 is 1.44 bits per heavy atom. The summed E-state index contributed by atoms with van der Waals surface area (Å²) in [5.74, 6) is -0.484. The van der Waals surface area contributed by atoms with Crippen molar-refractivity contribution in [3.8, 4) is 5.75 Å².